The van der Waals surface area contributed by atoms with Crippen LogP contribution < -0.4 is 10.1 Å². The van der Waals surface area contributed by atoms with Crippen LogP contribution in [0.5, 0.6) is 11.5 Å². The Kier molecular flexibility index (Phi) is 11.5. The van der Waals surface area contributed by atoms with Gasteiger partial charge in [-0.3, -0.25) is 24.7 Å². The first-order valence-electron chi connectivity index (χ1n) is 19.2. The number of piperidine rings is 1. The molecule has 7 nitrogen and oxygen atoms in total. The monoisotopic (exact) mass is 697 g/mol. The minimum Gasteiger partial charge on any atom is -0.508 e. The van der Waals surface area contributed by atoms with E-state index in [-0.39, 0.29) is 23.6 Å². The molecule has 0 spiro atoms. The molecular weight excluding hydrogens is 647 g/mol. The van der Waals surface area contributed by atoms with E-state index in [1.165, 1.54) is 59.1 Å². The lowest BCUT2D eigenvalue weighted by Gasteiger charge is -2.29. The summed E-state index contributed by atoms with van der Waals surface area (Å²) >= 11 is 0. The number of imide groups is 1. The van der Waals surface area contributed by atoms with E-state index in [9.17, 15) is 14.7 Å². The molecule has 270 valence electrons. The summed E-state index contributed by atoms with van der Waals surface area (Å²) in [5.41, 5.74) is 10.00. The van der Waals surface area contributed by atoms with E-state index in [0.29, 0.717) is 19.4 Å². The van der Waals surface area contributed by atoms with Crippen LogP contribution in [-0.2, 0) is 29.1 Å². The maximum absolute atomic E-state index is 12.5. The number of amides is 2. The highest BCUT2D eigenvalue weighted by molar-refractivity contribution is 6.00. The van der Waals surface area contributed by atoms with Gasteiger partial charge in [0.05, 0.1) is 6.04 Å². The fraction of sp³-hybridized carbons (Fsp3) is 0.378. The molecule has 4 aromatic carbocycles. The van der Waals surface area contributed by atoms with Crippen molar-refractivity contribution in [3.05, 3.63) is 130 Å². The molecule has 2 amide bonds. The average molecular weight is 698 g/mol. The number of phenols is 1. The number of fused-ring (bicyclic) bond motifs is 1. The molecule has 52 heavy (non-hydrogen) atoms. The topological polar surface area (TPSA) is 82.1 Å². The molecule has 0 aliphatic carbocycles. The van der Waals surface area contributed by atoms with Crippen LogP contribution in [0.25, 0.3) is 11.1 Å². The van der Waals surface area contributed by atoms with Crippen molar-refractivity contribution < 1.29 is 19.4 Å². The van der Waals surface area contributed by atoms with E-state index < -0.39 is 0 Å². The highest BCUT2D eigenvalue weighted by atomic mass is 16.5. The van der Waals surface area contributed by atoms with Crippen molar-refractivity contribution in [1.82, 2.24) is 15.1 Å². The third-order valence-corrected chi connectivity index (χ3v) is 11.2. The summed E-state index contributed by atoms with van der Waals surface area (Å²) in [6.45, 7) is 7.67. The quantitative estimate of drug-likeness (QED) is 0.0790. The molecule has 0 radical (unpaired) electrons. The Morgan fingerprint density at radius 3 is 2.37 bits per heavy atom. The summed E-state index contributed by atoms with van der Waals surface area (Å²) < 4.78 is 6.24. The number of likely N-dealkylation sites (tertiary alicyclic amines) is 1. The van der Waals surface area contributed by atoms with Crippen molar-refractivity contribution >= 4 is 23.0 Å². The number of hydrogen-bond donors (Lipinski definition) is 2. The zero-order valence-electron chi connectivity index (χ0n) is 30.4. The van der Waals surface area contributed by atoms with Crippen molar-refractivity contribution in [2.45, 2.75) is 77.4 Å². The molecule has 0 saturated carbocycles. The SMILES string of the molecule is CCC(=C(c1ccc(O)cc1)c1ccc(OCCN2CCC(CCCCc3cccc4c3CN(C3CCC(=O)NC3=O)C4)C2)cc1)c1ccccc1. The van der Waals surface area contributed by atoms with E-state index >= 15 is 0 Å². The fourth-order valence-electron chi connectivity index (χ4n) is 8.42. The second kappa shape index (κ2) is 16.7. The number of unbranched alkanes of at least 4 members (excludes halogenated alkanes) is 1. The van der Waals surface area contributed by atoms with Crippen molar-refractivity contribution in [3.8, 4) is 11.5 Å². The van der Waals surface area contributed by atoms with Gasteiger partial charge < -0.3 is 9.84 Å². The van der Waals surface area contributed by atoms with Gasteiger partial charge >= 0.3 is 0 Å². The molecule has 2 atom stereocenters. The van der Waals surface area contributed by atoms with Crippen molar-refractivity contribution in [3.63, 3.8) is 0 Å². The number of aryl methyl sites for hydroxylation is 1. The fourth-order valence-corrected chi connectivity index (χ4v) is 8.42. The van der Waals surface area contributed by atoms with E-state index in [1.54, 1.807) is 12.1 Å². The molecule has 2 fully saturated rings. The van der Waals surface area contributed by atoms with Crippen LogP contribution in [0.4, 0.5) is 0 Å². The molecule has 3 aliphatic rings. The Hall–Kier alpha value is -4.72. The summed E-state index contributed by atoms with van der Waals surface area (Å²) in [7, 11) is 0. The average Bonchev–Trinajstić information content (AvgIpc) is 3.81. The lowest BCUT2D eigenvalue weighted by molar-refractivity contribution is -0.137. The predicted octanol–water partition coefficient (Wildman–Crippen LogP) is 8.00. The zero-order chi connectivity index (χ0) is 35.9. The van der Waals surface area contributed by atoms with E-state index in [1.807, 2.05) is 18.2 Å². The van der Waals surface area contributed by atoms with Crippen LogP contribution in [0.3, 0.4) is 0 Å². The molecule has 0 aromatic heterocycles. The van der Waals surface area contributed by atoms with E-state index in [4.69, 9.17) is 4.74 Å². The number of nitrogens with zero attached hydrogens (tertiary/aromatic N) is 2. The number of nitrogens with one attached hydrogen (secondary N) is 1. The van der Waals surface area contributed by atoms with Gasteiger partial charge in [0.1, 0.15) is 18.1 Å². The highest BCUT2D eigenvalue weighted by Crippen LogP contribution is 2.36. The third kappa shape index (κ3) is 8.49. The highest BCUT2D eigenvalue weighted by Gasteiger charge is 2.35. The lowest BCUT2D eigenvalue weighted by Crippen LogP contribution is -2.50. The largest absolute Gasteiger partial charge is 0.508 e. The Labute approximate surface area is 308 Å². The Morgan fingerprint density at radius 2 is 1.62 bits per heavy atom. The zero-order valence-corrected chi connectivity index (χ0v) is 30.4. The van der Waals surface area contributed by atoms with Crippen LogP contribution in [0.15, 0.2) is 97.1 Å². The number of hydrogen-bond acceptors (Lipinski definition) is 6. The maximum atomic E-state index is 12.5. The molecule has 2 saturated heterocycles. The maximum Gasteiger partial charge on any atom is 0.243 e. The van der Waals surface area contributed by atoms with E-state index in [2.05, 4.69) is 88.8 Å². The molecule has 2 N–H and O–H groups in total. The number of phenolic OH excluding ortho intramolecular Hbond substituents is 1. The summed E-state index contributed by atoms with van der Waals surface area (Å²) in [6, 6.07) is 32.9. The van der Waals surface area contributed by atoms with Crippen molar-refractivity contribution in [2.75, 3.05) is 26.2 Å². The Morgan fingerprint density at radius 1 is 0.846 bits per heavy atom. The first-order valence-corrected chi connectivity index (χ1v) is 19.2. The molecule has 7 rings (SSSR count). The van der Waals surface area contributed by atoms with Crippen LogP contribution in [-0.4, -0.2) is 59.0 Å². The molecule has 2 unspecified atom stereocenters. The van der Waals surface area contributed by atoms with Gasteiger partial charge in [0.15, 0.2) is 0 Å². The van der Waals surface area contributed by atoms with Crippen LogP contribution in [0, 0.1) is 5.92 Å². The number of carbonyl (C=O) groups is 2. The van der Waals surface area contributed by atoms with Gasteiger partial charge in [0, 0.05) is 32.6 Å². The van der Waals surface area contributed by atoms with Gasteiger partial charge in [0.25, 0.3) is 0 Å². The van der Waals surface area contributed by atoms with Gasteiger partial charge in [-0.1, -0.05) is 86.1 Å². The third-order valence-electron chi connectivity index (χ3n) is 11.2. The number of carbonyl (C=O) groups excluding carboxylic acids is 2. The molecule has 0 bridgehead atoms. The second-order valence-electron chi connectivity index (χ2n) is 14.6. The summed E-state index contributed by atoms with van der Waals surface area (Å²) in [5.74, 6) is 1.60. The molecule has 3 aliphatic heterocycles. The smallest absolute Gasteiger partial charge is 0.243 e. The normalized spacial score (nSPS) is 19.7. The number of aromatic hydroxyl groups is 1. The number of rotatable bonds is 14. The van der Waals surface area contributed by atoms with Crippen LogP contribution in [0.2, 0.25) is 0 Å². The van der Waals surface area contributed by atoms with E-state index in [0.717, 1.165) is 68.4 Å². The summed E-state index contributed by atoms with van der Waals surface area (Å²) in [6.07, 6.45) is 7.92. The van der Waals surface area contributed by atoms with Gasteiger partial charge in [-0.25, -0.2) is 0 Å². The number of benzene rings is 4. The first-order chi connectivity index (χ1) is 25.4. The van der Waals surface area contributed by atoms with Crippen LogP contribution in [0.1, 0.15) is 85.3 Å². The molecule has 7 heteroatoms. The predicted molar refractivity (Wildman–Crippen MR) is 207 cm³/mol. The van der Waals surface area contributed by atoms with Gasteiger partial charge in [-0.15, -0.1) is 0 Å². The van der Waals surface area contributed by atoms with Crippen molar-refractivity contribution in [2.24, 2.45) is 5.92 Å². The molecule has 4 aromatic rings. The lowest BCUT2D eigenvalue weighted by atomic mass is 9.88. The molecular formula is C45H51N3O4. The standard InChI is InChI=1S/C45H51N3O4/c1-2-40(33-10-4-3-5-11-33)44(35-15-19-38(49)20-16-35)36-17-21-39(22-18-36)52-28-27-47-26-25-32(29-47)9-6-7-12-34-13-8-14-37-30-48(31-41(34)37)42-23-24-43(50)46-45(42)51/h3-5,8,10-11,13-22,32,42,49H,2,6-7,9,12,23-31H2,1H3,(H,46,50,51). The summed E-state index contributed by atoms with van der Waals surface area (Å²) in [5, 5.41) is 12.5. The second-order valence-corrected chi connectivity index (χ2v) is 14.6. The minimum atomic E-state index is -0.207. The number of ether oxygens (including phenoxy) is 1. The van der Waals surface area contributed by atoms with Gasteiger partial charge in [0.2, 0.25) is 11.8 Å². The van der Waals surface area contributed by atoms with Crippen molar-refractivity contribution in [1.29, 1.82) is 0 Å². The van der Waals surface area contributed by atoms with Crippen LogP contribution >= 0.6 is 0 Å². The van der Waals surface area contributed by atoms with Gasteiger partial charge in [-0.2, -0.15) is 0 Å². The molecule has 3 heterocycles. The first kappa shape index (κ1) is 35.7. The minimum absolute atomic E-state index is 0.143. The Bertz CT molecular complexity index is 1870. The van der Waals surface area contributed by atoms with Gasteiger partial charge in [-0.05, 0) is 120 Å². The Balaban J connectivity index is 0.864. The number of allylic oxidation sites excluding steroid dienone is 1. The summed E-state index contributed by atoms with van der Waals surface area (Å²) in [4.78, 5) is 28.9.